The molecule has 2 aromatic heterocycles. The molecule has 1 aliphatic rings. The van der Waals surface area contributed by atoms with Gasteiger partial charge in [0.2, 0.25) is 11.8 Å². The molecule has 0 radical (unpaired) electrons. The molecule has 0 atom stereocenters. The van der Waals surface area contributed by atoms with Crippen molar-refractivity contribution in [1.82, 2.24) is 24.7 Å². The molecule has 1 saturated heterocycles. The van der Waals surface area contributed by atoms with Gasteiger partial charge in [0.25, 0.3) is 5.91 Å². The van der Waals surface area contributed by atoms with Crippen molar-refractivity contribution in [2.45, 2.75) is 33.4 Å². The number of rotatable bonds is 10. The van der Waals surface area contributed by atoms with E-state index >= 15 is 0 Å². The summed E-state index contributed by atoms with van der Waals surface area (Å²) in [5.41, 5.74) is 3.85. The minimum atomic E-state index is -0.162. The van der Waals surface area contributed by atoms with Crippen molar-refractivity contribution in [1.29, 1.82) is 0 Å². The number of ether oxygens (including phenoxy) is 1. The third-order valence-corrected chi connectivity index (χ3v) is 7.15. The lowest BCUT2D eigenvalue weighted by Crippen LogP contribution is -2.50. The van der Waals surface area contributed by atoms with E-state index in [9.17, 15) is 9.59 Å². The predicted molar refractivity (Wildman–Crippen MR) is 148 cm³/mol. The zero-order valence-corrected chi connectivity index (χ0v) is 22.6. The van der Waals surface area contributed by atoms with Crippen molar-refractivity contribution in [3.05, 3.63) is 83.7 Å². The Bertz CT molecular complexity index is 1400. The molecule has 2 amide bonds. The molecule has 0 saturated carbocycles. The lowest BCUT2D eigenvalue weighted by atomic mass is 10.1. The highest BCUT2D eigenvalue weighted by Crippen LogP contribution is 2.20. The van der Waals surface area contributed by atoms with Gasteiger partial charge in [-0.15, -0.1) is 0 Å². The average molecular weight is 530 g/mol. The molecular formula is C30H35N5O4. The van der Waals surface area contributed by atoms with Gasteiger partial charge in [0, 0.05) is 63.3 Å². The molecule has 1 fully saturated rings. The van der Waals surface area contributed by atoms with Crippen LogP contribution in [0.1, 0.15) is 41.4 Å². The summed E-state index contributed by atoms with van der Waals surface area (Å²) < 4.78 is 11.4. The summed E-state index contributed by atoms with van der Waals surface area (Å²) in [6.07, 6.45) is 4.38. The summed E-state index contributed by atoms with van der Waals surface area (Å²) in [7, 11) is 0. The SMILES string of the molecule is CCOc1ccc(CN(CCc2c[nH]c3ccccc23)Cc2nc(C(=O)N3CCN(C(C)=O)CC3)co2)cc1. The lowest BCUT2D eigenvalue weighted by Gasteiger charge is -2.33. The molecule has 0 aliphatic carbocycles. The Morgan fingerprint density at radius 3 is 2.51 bits per heavy atom. The van der Waals surface area contributed by atoms with Crippen LogP contribution in [0.15, 0.2) is 65.4 Å². The zero-order chi connectivity index (χ0) is 27.2. The van der Waals surface area contributed by atoms with Gasteiger partial charge in [0.15, 0.2) is 5.69 Å². The maximum atomic E-state index is 13.0. The van der Waals surface area contributed by atoms with Crippen molar-refractivity contribution in [2.24, 2.45) is 0 Å². The minimum absolute atomic E-state index is 0.0334. The molecule has 3 heterocycles. The Kier molecular flexibility index (Phi) is 8.27. The van der Waals surface area contributed by atoms with Gasteiger partial charge >= 0.3 is 0 Å². The van der Waals surface area contributed by atoms with Gasteiger partial charge in [0.1, 0.15) is 12.0 Å². The van der Waals surface area contributed by atoms with E-state index in [0.717, 1.165) is 29.8 Å². The fourth-order valence-corrected chi connectivity index (χ4v) is 5.01. The first-order valence-electron chi connectivity index (χ1n) is 13.5. The molecule has 5 rings (SSSR count). The van der Waals surface area contributed by atoms with Gasteiger partial charge < -0.3 is 23.9 Å². The topological polar surface area (TPSA) is 94.9 Å². The second-order valence-corrected chi connectivity index (χ2v) is 9.82. The Balaban J connectivity index is 1.27. The van der Waals surface area contributed by atoms with E-state index in [0.29, 0.717) is 57.5 Å². The molecular weight excluding hydrogens is 494 g/mol. The van der Waals surface area contributed by atoms with Gasteiger partial charge in [-0.05, 0) is 42.7 Å². The van der Waals surface area contributed by atoms with Crippen molar-refractivity contribution < 1.29 is 18.7 Å². The highest BCUT2D eigenvalue weighted by molar-refractivity contribution is 5.92. The molecule has 4 aromatic rings. The maximum Gasteiger partial charge on any atom is 0.275 e. The van der Waals surface area contributed by atoms with Crippen LogP contribution >= 0.6 is 0 Å². The second-order valence-electron chi connectivity index (χ2n) is 9.82. The number of fused-ring (bicyclic) bond motifs is 1. The molecule has 0 spiro atoms. The van der Waals surface area contributed by atoms with E-state index in [1.165, 1.54) is 17.2 Å². The number of nitrogens with one attached hydrogen (secondary N) is 1. The number of carbonyl (C=O) groups is 2. The summed E-state index contributed by atoms with van der Waals surface area (Å²) in [6, 6.07) is 16.5. The third-order valence-electron chi connectivity index (χ3n) is 7.15. The van der Waals surface area contributed by atoms with Crippen LogP contribution in [0, 0.1) is 0 Å². The zero-order valence-electron chi connectivity index (χ0n) is 22.6. The fraction of sp³-hybridized carbons (Fsp3) is 0.367. The normalized spacial score (nSPS) is 13.8. The van der Waals surface area contributed by atoms with E-state index in [4.69, 9.17) is 9.15 Å². The molecule has 39 heavy (non-hydrogen) atoms. The Hall–Kier alpha value is -4.11. The largest absolute Gasteiger partial charge is 0.494 e. The number of hydrogen-bond acceptors (Lipinski definition) is 6. The standard InChI is InChI=1S/C30H35N5O4/c1-3-38-25-10-8-23(9-11-25)19-33(13-12-24-18-31-27-7-5-4-6-26(24)27)20-29-32-28(21-39-29)30(37)35-16-14-34(15-17-35)22(2)36/h4-11,18,21,31H,3,12-17,19-20H2,1-2H3. The van der Waals surface area contributed by atoms with Crippen LogP contribution in [0.5, 0.6) is 5.75 Å². The number of aromatic nitrogens is 2. The number of aromatic amines is 1. The Morgan fingerprint density at radius 2 is 1.77 bits per heavy atom. The summed E-state index contributed by atoms with van der Waals surface area (Å²) in [5.74, 6) is 1.23. The summed E-state index contributed by atoms with van der Waals surface area (Å²) in [6.45, 7) is 8.19. The number of benzene rings is 2. The van der Waals surface area contributed by atoms with E-state index < -0.39 is 0 Å². The van der Waals surface area contributed by atoms with Gasteiger partial charge in [-0.1, -0.05) is 30.3 Å². The van der Waals surface area contributed by atoms with E-state index in [2.05, 4.69) is 51.4 Å². The van der Waals surface area contributed by atoms with Gasteiger partial charge in [-0.3, -0.25) is 14.5 Å². The minimum Gasteiger partial charge on any atom is -0.494 e. The summed E-state index contributed by atoms with van der Waals surface area (Å²) in [4.78, 5) is 38.3. The fourth-order valence-electron chi connectivity index (χ4n) is 5.01. The molecule has 9 heteroatoms. The first-order valence-corrected chi connectivity index (χ1v) is 13.5. The van der Waals surface area contributed by atoms with E-state index in [-0.39, 0.29) is 11.8 Å². The van der Waals surface area contributed by atoms with Gasteiger partial charge in [-0.2, -0.15) is 0 Å². The van der Waals surface area contributed by atoms with Crippen LogP contribution in [0.25, 0.3) is 10.9 Å². The third kappa shape index (κ3) is 6.49. The highest BCUT2D eigenvalue weighted by atomic mass is 16.5. The quantitative estimate of drug-likeness (QED) is 0.332. The van der Waals surface area contributed by atoms with Crippen LogP contribution in [0.4, 0.5) is 0 Å². The smallest absolute Gasteiger partial charge is 0.275 e. The van der Waals surface area contributed by atoms with Crippen LogP contribution in [0.3, 0.4) is 0 Å². The average Bonchev–Trinajstić information content (AvgIpc) is 3.60. The molecule has 0 unspecified atom stereocenters. The van der Waals surface area contributed by atoms with Crippen molar-refractivity contribution in [3.8, 4) is 5.75 Å². The second kappa shape index (κ2) is 12.2. The molecule has 9 nitrogen and oxygen atoms in total. The predicted octanol–water partition coefficient (Wildman–Crippen LogP) is 4.10. The van der Waals surface area contributed by atoms with Gasteiger partial charge in [0.05, 0.1) is 13.2 Å². The molecule has 1 aliphatic heterocycles. The van der Waals surface area contributed by atoms with E-state index in [1.807, 2.05) is 25.1 Å². The van der Waals surface area contributed by atoms with Crippen LogP contribution in [-0.2, 0) is 24.3 Å². The molecule has 0 bridgehead atoms. The number of amides is 2. The molecule has 1 N–H and O–H groups in total. The summed E-state index contributed by atoms with van der Waals surface area (Å²) in [5, 5.41) is 1.23. The van der Waals surface area contributed by atoms with Gasteiger partial charge in [-0.25, -0.2) is 4.98 Å². The first kappa shape index (κ1) is 26.5. The lowest BCUT2D eigenvalue weighted by molar-refractivity contribution is -0.130. The number of hydrogen-bond donors (Lipinski definition) is 1. The number of H-pyrrole nitrogens is 1. The number of para-hydroxylation sites is 1. The Labute approximate surface area is 228 Å². The molecule has 204 valence electrons. The Morgan fingerprint density at radius 1 is 1.03 bits per heavy atom. The van der Waals surface area contributed by atoms with Crippen LogP contribution in [-0.4, -0.2) is 75.8 Å². The number of oxazole rings is 1. The number of carbonyl (C=O) groups excluding carboxylic acids is 2. The number of piperazine rings is 1. The van der Waals surface area contributed by atoms with Crippen molar-refractivity contribution in [2.75, 3.05) is 39.3 Å². The number of nitrogens with zero attached hydrogens (tertiary/aromatic N) is 4. The van der Waals surface area contributed by atoms with Crippen LogP contribution in [0.2, 0.25) is 0 Å². The molecule has 2 aromatic carbocycles. The van der Waals surface area contributed by atoms with Crippen molar-refractivity contribution >= 4 is 22.7 Å². The van der Waals surface area contributed by atoms with Crippen LogP contribution < -0.4 is 4.74 Å². The summed E-state index contributed by atoms with van der Waals surface area (Å²) >= 11 is 0. The maximum absolute atomic E-state index is 13.0. The monoisotopic (exact) mass is 529 g/mol. The van der Waals surface area contributed by atoms with Crippen molar-refractivity contribution in [3.63, 3.8) is 0 Å². The van der Waals surface area contributed by atoms with E-state index in [1.54, 1.807) is 16.7 Å². The first-order chi connectivity index (χ1) is 19.0. The highest BCUT2D eigenvalue weighted by Gasteiger charge is 2.25.